The van der Waals surface area contributed by atoms with Crippen LogP contribution in [0.2, 0.25) is 0 Å². The zero-order valence-corrected chi connectivity index (χ0v) is 19.1. The quantitative estimate of drug-likeness (QED) is 0.356. The van der Waals surface area contributed by atoms with Gasteiger partial charge in [-0.15, -0.1) is 11.3 Å². The number of rotatable bonds is 6. The SMILES string of the molecule is CCC(C)(C)[C@@H]1CCc2sc3ncnc(N/N=C/C(C)=C/c4ccccc4)c3c2C1. The minimum atomic E-state index is 0.354. The number of nitrogens with zero attached hydrogens (tertiary/aromatic N) is 3. The summed E-state index contributed by atoms with van der Waals surface area (Å²) < 4.78 is 0. The maximum absolute atomic E-state index is 4.56. The summed E-state index contributed by atoms with van der Waals surface area (Å²) in [7, 11) is 0. The molecule has 156 valence electrons. The number of benzene rings is 1. The highest BCUT2D eigenvalue weighted by molar-refractivity contribution is 7.19. The number of aryl methyl sites for hydroxylation is 1. The maximum atomic E-state index is 4.56. The first-order valence-corrected chi connectivity index (χ1v) is 11.6. The Morgan fingerprint density at radius 2 is 2.07 bits per heavy atom. The number of fused-ring (bicyclic) bond motifs is 3. The molecule has 0 bridgehead atoms. The molecule has 1 atom stereocenters. The molecule has 1 aliphatic rings. The number of thiophene rings is 1. The summed E-state index contributed by atoms with van der Waals surface area (Å²) in [4.78, 5) is 11.6. The van der Waals surface area contributed by atoms with Gasteiger partial charge in [-0.05, 0) is 54.2 Å². The number of hydrazone groups is 1. The van der Waals surface area contributed by atoms with Crippen molar-refractivity contribution in [2.24, 2.45) is 16.4 Å². The van der Waals surface area contributed by atoms with Crippen LogP contribution in [0.1, 0.15) is 56.5 Å². The Morgan fingerprint density at radius 1 is 1.27 bits per heavy atom. The molecular formula is C25H30N4S. The molecule has 3 aromatic rings. The molecule has 1 aromatic carbocycles. The van der Waals surface area contributed by atoms with Crippen LogP contribution in [-0.2, 0) is 12.8 Å². The molecule has 0 radical (unpaired) electrons. The van der Waals surface area contributed by atoms with E-state index in [-0.39, 0.29) is 0 Å². The highest BCUT2D eigenvalue weighted by Gasteiger charge is 2.33. The van der Waals surface area contributed by atoms with Gasteiger partial charge in [0.25, 0.3) is 0 Å². The van der Waals surface area contributed by atoms with E-state index in [4.69, 9.17) is 0 Å². The molecule has 30 heavy (non-hydrogen) atoms. The highest BCUT2D eigenvalue weighted by Crippen LogP contribution is 2.45. The molecule has 0 saturated heterocycles. The first kappa shape index (κ1) is 20.7. The average molecular weight is 419 g/mol. The minimum Gasteiger partial charge on any atom is -0.261 e. The van der Waals surface area contributed by atoms with E-state index in [1.54, 1.807) is 6.33 Å². The molecule has 4 rings (SSSR count). The van der Waals surface area contributed by atoms with Crippen molar-refractivity contribution in [3.05, 3.63) is 58.2 Å². The zero-order valence-electron chi connectivity index (χ0n) is 18.3. The van der Waals surface area contributed by atoms with Crippen LogP contribution in [0.15, 0.2) is 47.3 Å². The van der Waals surface area contributed by atoms with Gasteiger partial charge in [-0.25, -0.2) is 9.97 Å². The summed E-state index contributed by atoms with van der Waals surface area (Å²) >= 11 is 1.82. The lowest BCUT2D eigenvalue weighted by atomic mass is 9.69. The Kier molecular flexibility index (Phi) is 6.00. The van der Waals surface area contributed by atoms with Gasteiger partial charge in [0.05, 0.1) is 11.6 Å². The minimum absolute atomic E-state index is 0.354. The number of allylic oxidation sites excluding steroid dienone is 1. The molecule has 0 saturated carbocycles. The Bertz CT molecular complexity index is 1080. The van der Waals surface area contributed by atoms with Crippen LogP contribution >= 0.6 is 11.3 Å². The van der Waals surface area contributed by atoms with Gasteiger partial charge in [0.15, 0.2) is 5.82 Å². The van der Waals surface area contributed by atoms with Gasteiger partial charge in [-0.1, -0.05) is 63.6 Å². The van der Waals surface area contributed by atoms with E-state index in [1.165, 1.54) is 28.8 Å². The molecule has 0 spiro atoms. The lowest BCUT2D eigenvalue weighted by Gasteiger charge is -2.36. The van der Waals surface area contributed by atoms with Crippen LogP contribution in [0.4, 0.5) is 5.82 Å². The Balaban J connectivity index is 1.58. The third-order valence-electron chi connectivity index (χ3n) is 6.49. The molecule has 1 N–H and O–H groups in total. The highest BCUT2D eigenvalue weighted by atomic mass is 32.1. The smallest absolute Gasteiger partial charge is 0.158 e. The summed E-state index contributed by atoms with van der Waals surface area (Å²) in [5.41, 5.74) is 7.23. The van der Waals surface area contributed by atoms with E-state index < -0.39 is 0 Å². The number of aromatic nitrogens is 2. The lowest BCUT2D eigenvalue weighted by molar-refractivity contribution is 0.184. The van der Waals surface area contributed by atoms with Gasteiger partial charge in [-0.2, -0.15) is 5.10 Å². The fourth-order valence-electron chi connectivity index (χ4n) is 4.19. The van der Waals surface area contributed by atoms with Crippen LogP contribution < -0.4 is 5.43 Å². The molecule has 2 aromatic heterocycles. The molecule has 0 unspecified atom stereocenters. The third kappa shape index (κ3) is 4.31. The van der Waals surface area contributed by atoms with Crippen LogP contribution in [0, 0.1) is 11.3 Å². The number of anilines is 1. The largest absolute Gasteiger partial charge is 0.261 e. The van der Waals surface area contributed by atoms with Gasteiger partial charge in [-0.3, -0.25) is 5.43 Å². The van der Waals surface area contributed by atoms with Crippen molar-refractivity contribution >= 4 is 39.7 Å². The molecule has 2 heterocycles. The van der Waals surface area contributed by atoms with Crippen molar-refractivity contribution in [3.8, 4) is 0 Å². The summed E-state index contributed by atoms with van der Waals surface area (Å²) in [5, 5.41) is 5.63. The van der Waals surface area contributed by atoms with E-state index in [2.05, 4.69) is 66.4 Å². The first-order valence-electron chi connectivity index (χ1n) is 10.8. The summed E-state index contributed by atoms with van der Waals surface area (Å²) in [6.07, 6.45) is 10.3. The fourth-order valence-corrected chi connectivity index (χ4v) is 5.38. The van der Waals surface area contributed by atoms with E-state index in [0.29, 0.717) is 11.3 Å². The van der Waals surface area contributed by atoms with Crippen molar-refractivity contribution in [2.75, 3.05) is 5.43 Å². The molecule has 0 amide bonds. The monoisotopic (exact) mass is 418 g/mol. The Morgan fingerprint density at radius 3 is 2.83 bits per heavy atom. The van der Waals surface area contributed by atoms with Gasteiger partial charge in [0.1, 0.15) is 11.2 Å². The molecule has 0 fully saturated rings. The average Bonchev–Trinajstić information content (AvgIpc) is 3.13. The fraction of sp³-hybridized carbons (Fsp3) is 0.400. The van der Waals surface area contributed by atoms with E-state index in [1.807, 2.05) is 35.8 Å². The predicted molar refractivity (Wildman–Crippen MR) is 129 cm³/mol. The van der Waals surface area contributed by atoms with Gasteiger partial charge in [0, 0.05) is 4.88 Å². The number of hydrogen-bond acceptors (Lipinski definition) is 5. The summed E-state index contributed by atoms with van der Waals surface area (Å²) in [5.74, 6) is 1.51. The first-order chi connectivity index (χ1) is 14.5. The van der Waals surface area contributed by atoms with Gasteiger partial charge < -0.3 is 0 Å². The Labute approximate surface area is 183 Å². The second-order valence-corrected chi connectivity index (χ2v) is 9.94. The normalized spacial score (nSPS) is 17.5. The van der Waals surface area contributed by atoms with Crippen molar-refractivity contribution in [1.29, 1.82) is 0 Å². The van der Waals surface area contributed by atoms with Crippen LogP contribution in [0.25, 0.3) is 16.3 Å². The lowest BCUT2D eigenvalue weighted by Crippen LogP contribution is -2.28. The topological polar surface area (TPSA) is 50.2 Å². The van der Waals surface area contributed by atoms with Gasteiger partial charge >= 0.3 is 0 Å². The number of nitrogens with one attached hydrogen (secondary N) is 1. The van der Waals surface area contributed by atoms with E-state index >= 15 is 0 Å². The molecule has 4 nitrogen and oxygen atoms in total. The maximum Gasteiger partial charge on any atom is 0.158 e. The van der Waals surface area contributed by atoms with E-state index in [0.717, 1.165) is 34.4 Å². The van der Waals surface area contributed by atoms with Crippen molar-refractivity contribution in [1.82, 2.24) is 9.97 Å². The van der Waals surface area contributed by atoms with Gasteiger partial charge in [0.2, 0.25) is 0 Å². The standard InChI is InChI=1S/C25H30N4S/c1-5-25(3,4)19-11-12-21-20(14-19)22-23(26-16-27-24(22)30-21)29-28-15-17(2)13-18-9-7-6-8-10-18/h6-10,13,15-16,19H,5,11-12,14H2,1-4H3,(H,26,27,29)/b17-13+,28-15+/t19-/m1/s1. The molecule has 5 heteroatoms. The van der Waals surface area contributed by atoms with Crippen LogP contribution in [-0.4, -0.2) is 16.2 Å². The molecular weight excluding hydrogens is 388 g/mol. The number of hydrogen-bond donors (Lipinski definition) is 1. The summed E-state index contributed by atoms with van der Waals surface area (Å²) in [6, 6.07) is 10.3. The second kappa shape index (κ2) is 8.68. The van der Waals surface area contributed by atoms with Crippen LogP contribution in [0.5, 0.6) is 0 Å². The third-order valence-corrected chi connectivity index (χ3v) is 7.69. The van der Waals surface area contributed by atoms with Crippen LogP contribution in [0.3, 0.4) is 0 Å². The van der Waals surface area contributed by atoms with Crippen molar-refractivity contribution in [2.45, 2.75) is 53.4 Å². The molecule has 1 aliphatic carbocycles. The van der Waals surface area contributed by atoms with E-state index in [9.17, 15) is 0 Å². The van der Waals surface area contributed by atoms with Crippen molar-refractivity contribution < 1.29 is 0 Å². The van der Waals surface area contributed by atoms with Crippen molar-refractivity contribution in [3.63, 3.8) is 0 Å². The zero-order chi connectivity index (χ0) is 21.1. The predicted octanol–water partition coefficient (Wildman–Crippen LogP) is 6.73. The second-order valence-electron chi connectivity index (χ2n) is 8.86. The Hall–Kier alpha value is -2.53. The summed E-state index contributed by atoms with van der Waals surface area (Å²) in [6.45, 7) is 9.16. The molecule has 0 aliphatic heterocycles.